The predicted molar refractivity (Wildman–Crippen MR) is 86.2 cm³/mol. The van der Waals surface area contributed by atoms with Gasteiger partial charge in [0.15, 0.2) is 0 Å². The van der Waals surface area contributed by atoms with E-state index in [4.69, 9.17) is 9.47 Å². The molecule has 2 fully saturated rings. The van der Waals surface area contributed by atoms with Gasteiger partial charge in [0.25, 0.3) is 0 Å². The monoisotopic (exact) mass is 316 g/mol. The van der Waals surface area contributed by atoms with Gasteiger partial charge in [0.2, 0.25) is 5.88 Å². The SMILES string of the molecule is c1ccc(O[C@@H]2CCOC3(C2)CN(Cc2ccsc2)C3)nc1. The van der Waals surface area contributed by atoms with Crippen LogP contribution in [0.1, 0.15) is 18.4 Å². The third-order valence-electron chi connectivity index (χ3n) is 4.38. The quantitative estimate of drug-likeness (QED) is 0.868. The Kier molecular flexibility index (Phi) is 3.86. The molecule has 22 heavy (non-hydrogen) atoms. The van der Waals surface area contributed by atoms with Gasteiger partial charge < -0.3 is 9.47 Å². The molecule has 4 nitrogen and oxygen atoms in total. The summed E-state index contributed by atoms with van der Waals surface area (Å²) in [5.41, 5.74) is 1.39. The Bertz CT molecular complexity index is 596. The smallest absolute Gasteiger partial charge is 0.213 e. The lowest BCUT2D eigenvalue weighted by molar-refractivity contribution is -0.188. The van der Waals surface area contributed by atoms with Crippen LogP contribution in [0.3, 0.4) is 0 Å². The average Bonchev–Trinajstić information content (AvgIpc) is 3.00. The van der Waals surface area contributed by atoms with Crippen LogP contribution in [0.2, 0.25) is 0 Å². The molecule has 0 unspecified atom stereocenters. The second-order valence-corrected chi connectivity index (χ2v) is 6.99. The van der Waals surface area contributed by atoms with Gasteiger partial charge in [0, 0.05) is 44.7 Å². The molecular formula is C17H20N2O2S. The first-order valence-corrected chi connectivity index (χ1v) is 8.71. The van der Waals surface area contributed by atoms with Crippen molar-refractivity contribution in [2.45, 2.75) is 31.1 Å². The molecule has 0 bridgehead atoms. The molecule has 0 aliphatic carbocycles. The molecule has 0 radical (unpaired) electrons. The number of rotatable bonds is 4. The molecule has 2 aliphatic heterocycles. The molecule has 2 saturated heterocycles. The predicted octanol–water partition coefficient (Wildman–Crippen LogP) is 2.96. The van der Waals surface area contributed by atoms with Gasteiger partial charge in [-0.15, -0.1) is 0 Å². The zero-order valence-electron chi connectivity index (χ0n) is 12.5. The van der Waals surface area contributed by atoms with Crippen molar-refractivity contribution in [1.82, 2.24) is 9.88 Å². The molecule has 0 N–H and O–H groups in total. The molecule has 0 saturated carbocycles. The van der Waals surface area contributed by atoms with Crippen LogP contribution in [0.15, 0.2) is 41.2 Å². The molecule has 5 heteroatoms. The van der Waals surface area contributed by atoms with Crippen LogP contribution in [0, 0.1) is 0 Å². The highest BCUT2D eigenvalue weighted by Gasteiger charge is 2.48. The standard InChI is InChI=1S/C17H20N2O2S/c1-2-6-18-16(3-1)21-15-4-7-20-17(9-15)12-19(13-17)10-14-5-8-22-11-14/h1-3,5-6,8,11,15H,4,7,9-10,12-13H2/t15-/m1/s1. The van der Waals surface area contributed by atoms with E-state index in [-0.39, 0.29) is 11.7 Å². The van der Waals surface area contributed by atoms with Crippen LogP contribution < -0.4 is 4.74 Å². The van der Waals surface area contributed by atoms with Gasteiger partial charge in [0.1, 0.15) is 6.10 Å². The van der Waals surface area contributed by atoms with E-state index in [1.54, 1.807) is 17.5 Å². The topological polar surface area (TPSA) is 34.6 Å². The van der Waals surface area contributed by atoms with Crippen molar-refractivity contribution in [3.8, 4) is 5.88 Å². The average molecular weight is 316 g/mol. The van der Waals surface area contributed by atoms with Crippen molar-refractivity contribution in [1.29, 1.82) is 0 Å². The zero-order valence-corrected chi connectivity index (χ0v) is 13.3. The third kappa shape index (κ3) is 3.02. The lowest BCUT2D eigenvalue weighted by atomic mass is 9.84. The van der Waals surface area contributed by atoms with Crippen molar-refractivity contribution in [3.63, 3.8) is 0 Å². The first-order chi connectivity index (χ1) is 10.8. The first-order valence-electron chi connectivity index (χ1n) is 7.76. The largest absolute Gasteiger partial charge is 0.474 e. The summed E-state index contributed by atoms with van der Waals surface area (Å²) < 4.78 is 12.1. The van der Waals surface area contributed by atoms with Gasteiger partial charge in [0.05, 0.1) is 12.2 Å². The number of hydrogen-bond acceptors (Lipinski definition) is 5. The van der Waals surface area contributed by atoms with Crippen LogP contribution >= 0.6 is 11.3 Å². The summed E-state index contributed by atoms with van der Waals surface area (Å²) in [7, 11) is 0. The lowest BCUT2D eigenvalue weighted by Gasteiger charge is -2.53. The molecule has 0 aromatic carbocycles. The molecule has 1 spiro atoms. The van der Waals surface area contributed by atoms with Crippen molar-refractivity contribution in [3.05, 3.63) is 46.8 Å². The molecule has 4 heterocycles. The van der Waals surface area contributed by atoms with E-state index in [0.29, 0.717) is 0 Å². The maximum Gasteiger partial charge on any atom is 0.213 e. The van der Waals surface area contributed by atoms with Crippen molar-refractivity contribution in [2.24, 2.45) is 0 Å². The van der Waals surface area contributed by atoms with Crippen LogP contribution in [0.5, 0.6) is 5.88 Å². The van der Waals surface area contributed by atoms with Crippen molar-refractivity contribution < 1.29 is 9.47 Å². The first kappa shape index (κ1) is 14.2. The van der Waals surface area contributed by atoms with E-state index in [2.05, 4.69) is 26.7 Å². The molecule has 1 atom stereocenters. The van der Waals surface area contributed by atoms with Crippen LogP contribution in [0.25, 0.3) is 0 Å². The van der Waals surface area contributed by atoms with E-state index in [1.807, 2.05) is 18.2 Å². The van der Waals surface area contributed by atoms with Gasteiger partial charge in [-0.3, -0.25) is 4.90 Å². The Hall–Kier alpha value is -1.43. The van der Waals surface area contributed by atoms with Gasteiger partial charge in [-0.2, -0.15) is 11.3 Å². The Balaban J connectivity index is 1.32. The number of thiophene rings is 1. The van der Waals surface area contributed by atoms with Crippen LogP contribution in [0.4, 0.5) is 0 Å². The molecule has 2 aromatic rings. The number of hydrogen-bond donors (Lipinski definition) is 0. The molecular weight excluding hydrogens is 296 g/mol. The van der Waals surface area contributed by atoms with Crippen molar-refractivity contribution in [2.75, 3.05) is 19.7 Å². The van der Waals surface area contributed by atoms with E-state index in [1.165, 1.54) is 5.56 Å². The van der Waals surface area contributed by atoms with Gasteiger partial charge >= 0.3 is 0 Å². The maximum atomic E-state index is 6.08. The molecule has 4 rings (SSSR count). The number of aromatic nitrogens is 1. The van der Waals surface area contributed by atoms with E-state index in [0.717, 1.165) is 45.0 Å². The molecule has 0 amide bonds. The number of likely N-dealkylation sites (tertiary alicyclic amines) is 1. The summed E-state index contributed by atoms with van der Waals surface area (Å²) >= 11 is 1.76. The summed E-state index contributed by atoms with van der Waals surface area (Å²) in [6.07, 6.45) is 3.90. The Morgan fingerprint density at radius 3 is 3.09 bits per heavy atom. The fourth-order valence-electron chi connectivity index (χ4n) is 3.41. The number of pyridine rings is 1. The summed E-state index contributed by atoms with van der Waals surface area (Å²) in [6.45, 7) is 3.82. The second-order valence-electron chi connectivity index (χ2n) is 6.21. The fourth-order valence-corrected chi connectivity index (χ4v) is 4.07. The van der Waals surface area contributed by atoms with Gasteiger partial charge in [-0.1, -0.05) is 6.07 Å². The van der Waals surface area contributed by atoms with Gasteiger partial charge in [-0.05, 0) is 28.5 Å². The minimum absolute atomic E-state index is 0.00623. The van der Waals surface area contributed by atoms with E-state index >= 15 is 0 Å². The highest BCUT2D eigenvalue weighted by Crippen LogP contribution is 2.36. The molecule has 2 aliphatic rings. The maximum absolute atomic E-state index is 6.08. The minimum atomic E-state index is -0.00623. The summed E-state index contributed by atoms with van der Waals surface area (Å²) in [4.78, 5) is 6.71. The Morgan fingerprint density at radius 1 is 1.36 bits per heavy atom. The molecule has 2 aromatic heterocycles. The summed E-state index contributed by atoms with van der Waals surface area (Å²) in [5.74, 6) is 0.721. The van der Waals surface area contributed by atoms with Crippen molar-refractivity contribution >= 4 is 11.3 Å². The second kappa shape index (κ2) is 5.99. The molecule has 116 valence electrons. The Morgan fingerprint density at radius 2 is 2.32 bits per heavy atom. The van der Waals surface area contributed by atoms with Crippen LogP contribution in [-0.4, -0.2) is 41.3 Å². The van der Waals surface area contributed by atoms with Gasteiger partial charge in [-0.25, -0.2) is 4.98 Å². The lowest BCUT2D eigenvalue weighted by Crippen LogP contribution is -2.65. The summed E-state index contributed by atoms with van der Waals surface area (Å²) in [5, 5.41) is 4.36. The Labute approximate surface area is 134 Å². The third-order valence-corrected chi connectivity index (χ3v) is 5.11. The minimum Gasteiger partial charge on any atom is -0.474 e. The summed E-state index contributed by atoms with van der Waals surface area (Å²) in [6, 6.07) is 7.99. The number of ether oxygens (including phenoxy) is 2. The zero-order chi connectivity index (χ0) is 14.8. The van der Waals surface area contributed by atoms with Crippen LogP contribution in [-0.2, 0) is 11.3 Å². The highest BCUT2D eigenvalue weighted by atomic mass is 32.1. The fraction of sp³-hybridized carbons (Fsp3) is 0.471. The highest BCUT2D eigenvalue weighted by molar-refractivity contribution is 7.07. The van der Waals surface area contributed by atoms with E-state index in [9.17, 15) is 0 Å². The number of nitrogens with zero attached hydrogens (tertiary/aromatic N) is 2. The van der Waals surface area contributed by atoms with E-state index < -0.39 is 0 Å². The normalized spacial score (nSPS) is 24.1.